The van der Waals surface area contributed by atoms with E-state index in [4.69, 9.17) is 5.11 Å². The molecular formula is C20H27N3O4. The molecule has 2 aliphatic rings. The Labute approximate surface area is 159 Å². The largest absolute Gasteiger partial charge is 0.480 e. The number of hydrogen-bond acceptors (Lipinski definition) is 3. The lowest BCUT2D eigenvalue weighted by Gasteiger charge is -2.47. The Bertz CT molecular complexity index is 726. The van der Waals surface area contributed by atoms with Crippen LogP contribution in [0, 0.1) is 5.41 Å². The number of anilines is 1. The van der Waals surface area contributed by atoms with Crippen LogP contribution in [-0.4, -0.2) is 59.0 Å². The molecular weight excluding hydrogens is 346 g/mol. The number of hydrogen-bond donors (Lipinski definition) is 2. The topological polar surface area (TPSA) is 90.0 Å². The minimum Gasteiger partial charge on any atom is -0.480 e. The number of aliphatic carboxylic acids is 1. The van der Waals surface area contributed by atoms with Gasteiger partial charge in [-0.05, 0) is 48.8 Å². The number of rotatable bonds is 4. The normalized spacial score (nSPS) is 19.2. The highest BCUT2D eigenvalue weighted by molar-refractivity contribution is 5.89. The van der Waals surface area contributed by atoms with Gasteiger partial charge in [0.2, 0.25) is 5.91 Å². The van der Waals surface area contributed by atoms with Gasteiger partial charge in [-0.3, -0.25) is 9.59 Å². The zero-order valence-corrected chi connectivity index (χ0v) is 15.7. The fourth-order valence-corrected chi connectivity index (χ4v) is 4.07. The highest BCUT2D eigenvalue weighted by Crippen LogP contribution is 2.40. The molecule has 1 spiro atoms. The van der Waals surface area contributed by atoms with E-state index in [1.807, 2.05) is 29.2 Å². The third-order valence-corrected chi connectivity index (χ3v) is 5.77. The molecule has 3 rings (SSSR count). The van der Waals surface area contributed by atoms with Crippen molar-refractivity contribution in [3.05, 3.63) is 29.8 Å². The monoisotopic (exact) mass is 373 g/mol. The molecule has 3 amide bonds. The van der Waals surface area contributed by atoms with E-state index in [2.05, 4.69) is 12.2 Å². The van der Waals surface area contributed by atoms with Gasteiger partial charge in [0.25, 0.3) is 0 Å². The van der Waals surface area contributed by atoms with Crippen molar-refractivity contribution in [3.8, 4) is 0 Å². The van der Waals surface area contributed by atoms with Crippen LogP contribution in [0.25, 0.3) is 0 Å². The Morgan fingerprint density at radius 1 is 1.22 bits per heavy atom. The fourth-order valence-electron chi connectivity index (χ4n) is 4.07. The summed E-state index contributed by atoms with van der Waals surface area (Å²) in [7, 11) is 0. The van der Waals surface area contributed by atoms with Gasteiger partial charge < -0.3 is 20.2 Å². The van der Waals surface area contributed by atoms with Crippen LogP contribution in [0.5, 0.6) is 0 Å². The maximum absolute atomic E-state index is 12.6. The molecule has 27 heavy (non-hydrogen) atoms. The van der Waals surface area contributed by atoms with Crippen LogP contribution >= 0.6 is 0 Å². The summed E-state index contributed by atoms with van der Waals surface area (Å²) in [6.07, 6.45) is 3.67. The van der Waals surface area contributed by atoms with E-state index in [0.29, 0.717) is 26.1 Å². The smallest absolute Gasteiger partial charge is 0.323 e. The van der Waals surface area contributed by atoms with Crippen molar-refractivity contribution in [2.45, 2.75) is 39.0 Å². The molecule has 7 heteroatoms. The van der Waals surface area contributed by atoms with Gasteiger partial charge in [0, 0.05) is 31.7 Å². The second kappa shape index (κ2) is 7.98. The first kappa shape index (κ1) is 19.2. The van der Waals surface area contributed by atoms with Crippen LogP contribution in [0.2, 0.25) is 0 Å². The van der Waals surface area contributed by atoms with Crippen LogP contribution < -0.4 is 5.32 Å². The van der Waals surface area contributed by atoms with E-state index < -0.39 is 5.97 Å². The van der Waals surface area contributed by atoms with E-state index in [1.165, 1.54) is 10.5 Å². The Morgan fingerprint density at radius 2 is 1.96 bits per heavy atom. The van der Waals surface area contributed by atoms with Gasteiger partial charge in [0.15, 0.2) is 0 Å². The second-order valence-corrected chi connectivity index (χ2v) is 7.61. The zero-order valence-electron chi connectivity index (χ0n) is 15.7. The molecule has 0 bridgehead atoms. The number of carboxylic acids is 1. The predicted octanol–water partition coefficient (Wildman–Crippen LogP) is 2.57. The van der Waals surface area contributed by atoms with Gasteiger partial charge in [0.05, 0.1) is 0 Å². The third kappa shape index (κ3) is 4.59. The van der Waals surface area contributed by atoms with E-state index in [9.17, 15) is 14.4 Å². The molecule has 7 nitrogen and oxygen atoms in total. The summed E-state index contributed by atoms with van der Waals surface area (Å²) < 4.78 is 0. The van der Waals surface area contributed by atoms with Crippen LogP contribution in [-0.2, 0) is 16.0 Å². The lowest BCUT2D eigenvalue weighted by molar-refractivity contribution is -0.149. The standard InChI is InChI=1S/C20H27N3O4/c1-2-15-4-3-5-16(12-15)21-19(27)22-10-8-20(9-11-22)7-6-17(24)23(14-20)13-18(25)26/h3-5,12H,2,6-11,13-14H2,1H3,(H,21,27)(H,25,26). The predicted molar refractivity (Wildman–Crippen MR) is 102 cm³/mol. The number of carboxylic acid groups (broad SMARTS) is 1. The summed E-state index contributed by atoms with van der Waals surface area (Å²) in [6.45, 7) is 3.56. The maximum Gasteiger partial charge on any atom is 0.323 e. The number of nitrogens with zero attached hydrogens (tertiary/aromatic N) is 2. The second-order valence-electron chi connectivity index (χ2n) is 7.61. The molecule has 1 aromatic carbocycles. The molecule has 0 saturated carbocycles. The van der Waals surface area contributed by atoms with Crippen LogP contribution in [0.1, 0.15) is 38.2 Å². The van der Waals surface area contributed by atoms with Gasteiger partial charge in [0.1, 0.15) is 6.54 Å². The summed E-state index contributed by atoms with van der Waals surface area (Å²) in [6, 6.07) is 7.75. The first-order chi connectivity index (χ1) is 12.9. The Balaban J connectivity index is 1.57. The lowest BCUT2D eigenvalue weighted by Crippen LogP contribution is -2.53. The van der Waals surface area contributed by atoms with E-state index >= 15 is 0 Å². The Hall–Kier alpha value is -2.57. The first-order valence-corrected chi connectivity index (χ1v) is 9.55. The molecule has 2 aliphatic heterocycles. The number of aryl methyl sites for hydroxylation is 1. The number of likely N-dealkylation sites (tertiary alicyclic amines) is 2. The van der Waals surface area contributed by atoms with E-state index in [1.54, 1.807) is 0 Å². The van der Waals surface area contributed by atoms with E-state index in [0.717, 1.165) is 31.4 Å². The summed E-state index contributed by atoms with van der Waals surface area (Å²) in [4.78, 5) is 38.8. The highest BCUT2D eigenvalue weighted by Gasteiger charge is 2.42. The number of nitrogens with one attached hydrogen (secondary N) is 1. The molecule has 0 atom stereocenters. The maximum atomic E-state index is 12.6. The molecule has 0 aliphatic carbocycles. The SMILES string of the molecule is CCc1cccc(NC(=O)N2CCC3(CCC(=O)N(CC(=O)O)C3)CC2)c1. The number of carbonyl (C=O) groups excluding carboxylic acids is 2. The fraction of sp³-hybridized carbons (Fsp3) is 0.550. The average Bonchev–Trinajstić information content (AvgIpc) is 2.65. The van der Waals surface area contributed by atoms with E-state index in [-0.39, 0.29) is 23.9 Å². The highest BCUT2D eigenvalue weighted by atomic mass is 16.4. The van der Waals surface area contributed by atoms with Crippen LogP contribution in [0.4, 0.5) is 10.5 Å². The molecule has 1 aromatic rings. The molecule has 2 N–H and O–H groups in total. The Kier molecular flexibility index (Phi) is 5.68. The first-order valence-electron chi connectivity index (χ1n) is 9.55. The molecule has 0 aromatic heterocycles. The van der Waals surface area contributed by atoms with Gasteiger partial charge in [-0.2, -0.15) is 0 Å². The van der Waals surface area contributed by atoms with Crippen molar-refractivity contribution in [2.75, 3.05) is 31.5 Å². The van der Waals surface area contributed by atoms with Gasteiger partial charge in [-0.25, -0.2) is 4.79 Å². The van der Waals surface area contributed by atoms with Crippen molar-refractivity contribution in [2.24, 2.45) is 5.41 Å². The molecule has 2 heterocycles. The molecule has 0 unspecified atom stereocenters. The quantitative estimate of drug-likeness (QED) is 0.849. The van der Waals surface area contributed by atoms with Crippen LogP contribution in [0.3, 0.4) is 0 Å². The molecule has 0 radical (unpaired) electrons. The zero-order chi connectivity index (χ0) is 19.4. The average molecular weight is 373 g/mol. The molecule has 146 valence electrons. The Morgan fingerprint density at radius 3 is 2.63 bits per heavy atom. The number of benzene rings is 1. The number of amides is 3. The van der Waals surface area contributed by atoms with Crippen molar-refractivity contribution in [1.29, 1.82) is 0 Å². The summed E-state index contributed by atoms with van der Waals surface area (Å²) in [5, 5.41) is 12.0. The van der Waals surface area contributed by atoms with Crippen molar-refractivity contribution in [3.63, 3.8) is 0 Å². The van der Waals surface area contributed by atoms with Crippen molar-refractivity contribution < 1.29 is 19.5 Å². The van der Waals surface area contributed by atoms with Crippen molar-refractivity contribution in [1.82, 2.24) is 9.80 Å². The molecule has 2 fully saturated rings. The minimum absolute atomic E-state index is 0.0672. The minimum atomic E-state index is -0.980. The van der Waals surface area contributed by atoms with Crippen molar-refractivity contribution >= 4 is 23.6 Å². The number of carbonyl (C=O) groups is 3. The van der Waals surface area contributed by atoms with Gasteiger partial charge in [-0.15, -0.1) is 0 Å². The van der Waals surface area contributed by atoms with Gasteiger partial charge >= 0.3 is 12.0 Å². The summed E-state index contributed by atoms with van der Waals surface area (Å²) >= 11 is 0. The number of piperidine rings is 2. The number of urea groups is 1. The lowest BCUT2D eigenvalue weighted by atomic mass is 9.72. The molecule has 2 saturated heterocycles. The summed E-state index contributed by atoms with van der Waals surface area (Å²) in [5.41, 5.74) is 1.91. The van der Waals surface area contributed by atoms with Crippen LogP contribution in [0.15, 0.2) is 24.3 Å². The third-order valence-electron chi connectivity index (χ3n) is 5.77. The summed E-state index contributed by atoms with van der Waals surface area (Å²) in [5.74, 6) is -1.06. The van der Waals surface area contributed by atoms with Gasteiger partial charge in [-0.1, -0.05) is 19.1 Å².